The Balaban J connectivity index is 1.41. The quantitative estimate of drug-likeness (QED) is 0.746. The number of amides is 3. The number of hydrogen-bond donors (Lipinski definition) is 0. The summed E-state index contributed by atoms with van der Waals surface area (Å²) >= 11 is 5.90. The molecule has 0 radical (unpaired) electrons. The molecule has 0 aliphatic carbocycles. The lowest BCUT2D eigenvalue weighted by Crippen LogP contribution is -2.53. The van der Waals surface area contributed by atoms with Gasteiger partial charge in [0.25, 0.3) is 11.8 Å². The fourth-order valence-corrected chi connectivity index (χ4v) is 3.89. The van der Waals surface area contributed by atoms with E-state index in [2.05, 4.69) is 0 Å². The molecular formula is C21H20ClN3O3. The van der Waals surface area contributed by atoms with E-state index in [1.54, 1.807) is 41.3 Å². The summed E-state index contributed by atoms with van der Waals surface area (Å²) in [5, 5.41) is 0.554. The second-order valence-corrected chi connectivity index (χ2v) is 7.39. The molecule has 0 saturated carbocycles. The van der Waals surface area contributed by atoms with Crippen molar-refractivity contribution in [2.75, 3.05) is 31.1 Å². The summed E-state index contributed by atoms with van der Waals surface area (Å²) < 4.78 is 0. The summed E-state index contributed by atoms with van der Waals surface area (Å²) in [4.78, 5) is 43.0. The highest BCUT2D eigenvalue weighted by Crippen LogP contribution is 2.27. The molecule has 2 saturated heterocycles. The summed E-state index contributed by atoms with van der Waals surface area (Å²) in [6.07, 6.45) is 0.161. The second kappa shape index (κ2) is 7.73. The first-order valence-corrected chi connectivity index (χ1v) is 9.63. The minimum absolute atomic E-state index is 0.00290. The zero-order valence-corrected chi connectivity index (χ0v) is 16.0. The maximum Gasteiger partial charge on any atom is 0.253 e. The number of imide groups is 1. The monoisotopic (exact) mass is 397 g/mol. The highest BCUT2D eigenvalue weighted by molar-refractivity contribution is 6.30. The van der Waals surface area contributed by atoms with E-state index in [0.29, 0.717) is 42.5 Å². The topological polar surface area (TPSA) is 60.9 Å². The molecule has 144 valence electrons. The van der Waals surface area contributed by atoms with Crippen molar-refractivity contribution in [1.82, 2.24) is 9.80 Å². The first-order chi connectivity index (χ1) is 13.5. The van der Waals surface area contributed by atoms with Crippen molar-refractivity contribution in [2.24, 2.45) is 0 Å². The van der Waals surface area contributed by atoms with Crippen LogP contribution in [-0.2, 0) is 9.59 Å². The van der Waals surface area contributed by atoms with Gasteiger partial charge in [-0.1, -0.05) is 29.8 Å². The number of carbonyl (C=O) groups is 3. The average molecular weight is 398 g/mol. The normalized spacial score (nSPS) is 20.7. The van der Waals surface area contributed by atoms with Gasteiger partial charge >= 0.3 is 0 Å². The number of benzene rings is 2. The molecule has 6 nitrogen and oxygen atoms in total. The fourth-order valence-electron chi connectivity index (χ4n) is 3.76. The molecule has 0 N–H and O–H groups in total. The zero-order chi connectivity index (χ0) is 19.7. The van der Waals surface area contributed by atoms with Gasteiger partial charge in [-0.05, 0) is 36.4 Å². The van der Waals surface area contributed by atoms with Gasteiger partial charge in [-0.2, -0.15) is 0 Å². The molecule has 2 aliphatic rings. The Morgan fingerprint density at radius 1 is 0.893 bits per heavy atom. The van der Waals surface area contributed by atoms with Gasteiger partial charge in [0, 0.05) is 36.8 Å². The molecule has 2 aliphatic heterocycles. The van der Waals surface area contributed by atoms with Crippen molar-refractivity contribution in [2.45, 2.75) is 12.5 Å². The molecule has 1 atom stereocenters. The highest BCUT2D eigenvalue weighted by atomic mass is 35.5. The number of rotatable bonds is 3. The standard InChI is InChI=1S/C21H20ClN3O3/c22-16-6-8-17(9-7-16)25-19(26)14-18(21(25)28)23-10-12-24(13-11-23)20(27)15-4-2-1-3-5-15/h1-9,18H,10-14H2/t18-/m1/s1. The molecule has 2 heterocycles. The van der Waals surface area contributed by atoms with Gasteiger partial charge in [0.15, 0.2) is 0 Å². The predicted molar refractivity (Wildman–Crippen MR) is 106 cm³/mol. The van der Waals surface area contributed by atoms with Gasteiger partial charge < -0.3 is 4.90 Å². The molecule has 0 unspecified atom stereocenters. The van der Waals surface area contributed by atoms with Crippen LogP contribution in [-0.4, -0.2) is 59.7 Å². The molecule has 2 aromatic carbocycles. The first kappa shape index (κ1) is 18.7. The Kier molecular flexibility index (Phi) is 5.15. The third-order valence-corrected chi connectivity index (χ3v) is 5.52. The number of piperazine rings is 1. The first-order valence-electron chi connectivity index (χ1n) is 9.25. The van der Waals surface area contributed by atoms with E-state index in [-0.39, 0.29) is 24.1 Å². The minimum atomic E-state index is -0.475. The van der Waals surface area contributed by atoms with Crippen molar-refractivity contribution >= 4 is 35.0 Å². The molecule has 0 spiro atoms. The lowest BCUT2D eigenvalue weighted by atomic mass is 10.1. The molecule has 3 amide bonds. The summed E-state index contributed by atoms with van der Waals surface area (Å²) in [5.74, 6) is -0.424. The van der Waals surface area contributed by atoms with Crippen LogP contribution >= 0.6 is 11.6 Å². The Bertz CT molecular complexity index is 893. The molecule has 0 aromatic heterocycles. The lowest BCUT2D eigenvalue weighted by molar-refractivity contribution is -0.123. The van der Waals surface area contributed by atoms with Crippen LogP contribution in [0.25, 0.3) is 0 Å². The Labute approximate surface area is 168 Å². The van der Waals surface area contributed by atoms with Gasteiger partial charge in [-0.25, -0.2) is 4.90 Å². The van der Waals surface area contributed by atoms with E-state index in [0.717, 1.165) is 0 Å². The highest BCUT2D eigenvalue weighted by Gasteiger charge is 2.43. The van der Waals surface area contributed by atoms with Crippen LogP contribution in [0.3, 0.4) is 0 Å². The molecule has 2 aromatic rings. The van der Waals surface area contributed by atoms with E-state index < -0.39 is 6.04 Å². The van der Waals surface area contributed by atoms with E-state index in [9.17, 15) is 14.4 Å². The van der Waals surface area contributed by atoms with Crippen molar-refractivity contribution < 1.29 is 14.4 Å². The summed E-state index contributed by atoms with van der Waals surface area (Å²) in [5.41, 5.74) is 1.21. The smallest absolute Gasteiger partial charge is 0.253 e. The summed E-state index contributed by atoms with van der Waals surface area (Å²) in [6, 6.07) is 15.4. The van der Waals surface area contributed by atoms with E-state index in [1.807, 2.05) is 23.1 Å². The van der Waals surface area contributed by atoms with E-state index in [4.69, 9.17) is 11.6 Å². The van der Waals surface area contributed by atoms with Gasteiger partial charge in [0.05, 0.1) is 18.2 Å². The van der Waals surface area contributed by atoms with Crippen molar-refractivity contribution in [3.05, 3.63) is 65.2 Å². The molecule has 7 heteroatoms. The predicted octanol–water partition coefficient (Wildman–Crippen LogP) is 2.43. The Hall–Kier alpha value is -2.70. The Morgan fingerprint density at radius 3 is 2.18 bits per heavy atom. The number of halogens is 1. The molecular weight excluding hydrogens is 378 g/mol. The Morgan fingerprint density at radius 2 is 1.54 bits per heavy atom. The van der Waals surface area contributed by atoms with Gasteiger partial charge in [0.1, 0.15) is 0 Å². The summed E-state index contributed by atoms with van der Waals surface area (Å²) in [6.45, 7) is 2.20. The SMILES string of the molecule is O=C(c1ccccc1)N1CCN([C@@H]2CC(=O)N(c3ccc(Cl)cc3)C2=O)CC1. The van der Waals surface area contributed by atoms with Crippen molar-refractivity contribution in [3.8, 4) is 0 Å². The molecule has 0 bridgehead atoms. The van der Waals surface area contributed by atoms with Gasteiger partial charge in [0.2, 0.25) is 5.91 Å². The van der Waals surface area contributed by atoms with Crippen LogP contribution in [0.1, 0.15) is 16.8 Å². The van der Waals surface area contributed by atoms with Crippen LogP contribution in [0.4, 0.5) is 5.69 Å². The fraction of sp³-hybridized carbons (Fsp3) is 0.286. The molecule has 2 fully saturated rings. The third kappa shape index (κ3) is 3.53. The number of nitrogens with zero attached hydrogens (tertiary/aromatic N) is 3. The minimum Gasteiger partial charge on any atom is -0.336 e. The molecule has 4 rings (SSSR count). The van der Waals surface area contributed by atoms with Gasteiger partial charge in [-0.15, -0.1) is 0 Å². The largest absolute Gasteiger partial charge is 0.336 e. The van der Waals surface area contributed by atoms with E-state index >= 15 is 0 Å². The van der Waals surface area contributed by atoms with Crippen molar-refractivity contribution in [1.29, 1.82) is 0 Å². The van der Waals surface area contributed by atoms with Crippen LogP contribution in [0.2, 0.25) is 5.02 Å². The number of anilines is 1. The average Bonchev–Trinajstić information content (AvgIpc) is 3.03. The van der Waals surface area contributed by atoms with Crippen LogP contribution in [0.15, 0.2) is 54.6 Å². The number of hydrogen-bond acceptors (Lipinski definition) is 4. The van der Waals surface area contributed by atoms with E-state index in [1.165, 1.54) is 4.90 Å². The van der Waals surface area contributed by atoms with Crippen LogP contribution in [0, 0.1) is 0 Å². The number of carbonyl (C=O) groups excluding carboxylic acids is 3. The zero-order valence-electron chi connectivity index (χ0n) is 15.3. The van der Waals surface area contributed by atoms with Crippen molar-refractivity contribution in [3.63, 3.8) is 0 Å². The maximum atomic E-state index is 12.9. The van der Waals surface area contributed by atoms with Gasteiger partial charge in [-0.3, -0.25) is 19.3 Å². The second-order valence-electron chi connectivity index (χ2n) is 6.96. The van der Waals surface area contributed by atoms with Crippen LogP contribution in [0.5, 0.6) is 0 Å². The molecule has 28 heavy (non-hydrogen) atoms. The third-order valence-electron chi connectivity index (χ3n) is 5.27. The maximum absolute atomic E-state index is 12.9. The van der Waals surface area contributed by atoms with Crippen LogP contribution < -0.4 is 4.90 Å². The summed E-state index contributed by atoms with van der Waals surface area (Å²) in [7, 11) is 0. The lowest BCUT2D eigenvalue weighted by Gasteiger charge is -2.37.